The van der Waals surface area contributed by atoms with Crippen LogP contribution in [0.5, 0.6) is 11.5 Å². The molecule has 1 aromatic rings. The molecule has 0 amide bonds. The minimum absolute atomic E-state index is 0.117. The number of nitrogens with one attached hydrogen (secondary N) is 1. The quantitative estimate of drug-likeness (QED) is 0.293. The molecule has 0 spiro atoms. The van der Waals surface area contributed by atoms with Gasteiger partial charge in [0, 0.05) is 12.1 Å². The van der Waals surface area contributed by atoms with Crippen LogP contribution in [0.4, 0.5) is 0 Å². The van der Waals surface area contributed by atoms with Gasteiger partial charge < -0.3 is 19.9 Å². The number of aliphatic hydroxyl groups excluding tert-OH is 1. The standard InChI is InChI=1S/C28H43NO5/c1-28(2,3)29-19-23(30)22-16-17-24(33-26(31)20-12-8-4-5-9-13-20)25(18-22)34-27(32)21-14-10-6-7-11-15-21/h16-18,20-21,23,29-30H,4-15,19H2,1-3H3. The lowest BCUT2D eigenvalue weighted by molar-refractivity contribution is -0.142. The first kappa shape index (κ1) is 26.7. The van der Waals surface area contributed by atoms with Gasteiger partial charge in [-0.2, -0.15) is 0 Å². The van der Waals surface area contributed by atoms with Gasteiger partial charge in [-0.25, -0.2) is 0 Å². The van der Waals surface area contributed by atoms with Gasteiger partial charge in [0.05, 0.1) is 17.9 Å². The molecule has 2 aliphatic carbocycles. The highest BCUT2D eigenvalue weighted by molar-refractivity contribution is 5.78. The Bertz CT molecular complexity index is 800. The summed E-state index contributed by atoms with van der Waals surface area (Å²) in [6, 6.07) is 5.05. The van der Waals surface area contributed by atoms with E-state index >= 15 is 0 Å². The van der Waals surface area contributed by atoms with Gasteiger partial charge in [-0.15, -0.1) is 0 Å². The van der Waals surface area contributed by atoms with Crippen molar-refractivity contribution in [1.82, 2.24) is 5.32 Å². The molecular formula is C28H43NO5. The van der Waals surface area contributed by atoms with Crippen molar-refractivity contribution in [3.8, 4) is 11.5 Å². The van der Waals surface area contributed by atoms with E-state index in [2.05, 4.69) is 5.32 Å². The van der Waals surface area contributed by atoms with Crippen LogP contribution in [0.15, 0.2) is 18.2 Å². The van der Waals surface area contributed by atoms with Crippen LogP contribution < -0.4 is 14.8 Å². The van der Waals surface area contributed by atoms with Gasteiger partial charge in [-0.1, -0.05) is 57.4 Å². The first-order valence-electron chi connectivity index (χ1n) is 13.2. The number of rotatable bonds is 7. The van der Waals surface area contributed by atoms with E-state index in [-0.39, 0.29) is 40.8 Å². The lowest BCUT2D eigenvalue weighted by Gasteiger charge is -2.23. The third-order valence-electron chi connectivity index (χ3n) is 6.98. The summed E-state index contributed by atoms with van der Waals surface area (Å²) in [6.07, 6.45) is 11.3. The van der Waals surface area contributed by atoms with Crippen molar-refractivity contribution in [3.05, 3.63) is 23.8 Å². The fourth-order valence-electron chi connectivity index (χ4n) is 4.83. The van der Waals surface area contributed by atoms with Crippen molar-refractivity contribution in [3.63, 3.8) is 0 Å². The van der Waals surface area contributed by atoms with Gasteiger partial charge in [0.2, 0.25) is 0 Å². The number of hydrogen-bond acceptors (Lipinski definition) is 6. The number of benzene rings is 1. The molecule has 6 nitrogen and oxygen atoms in total. The average molecular weight is 474 g/mol. The molecule has 0 radical (unpaired) electrons. The van der Waals surface area contributed by atoms with Crippen molar-refractivity contribution >= 4 is 11.9 Å². The summed E-state index contributed by atoms with van der Waals surface area (Å²) < 4.78 is 11.6. The maximum atomic E-state index is 13.0. The molecule has 1 aromatic carbocycles. The van der Waals surface area contributed by atoms with Crippen molar-refractivity contribution in [2.45, 2.75) is 109 Å². The van der Waals surface area contributed by atoms with Gasteiger partial charge in [-0.05, 0) is 64.2 Å². The molecule has 0 aromatic heterocycles. The van der Waals surface area contributed by atoms with Crippen LogP contribution in [-0.2, 0) is 9.59 Å². The molecule has 1 unspecified atom stereocenters. The predicted molar refractivity (Wildman–Crippen MR) is 133 cm³/mol. The molecule has 2 fully saturated rings. The van der Waals surface area contributed by atoms with E-state index in [9.17, 15) is 14.7 Å². The lowest BCUT2D eigenvalue weighted by atomic mass is 10.0. The maximum Gasteiger partial charge on any atom is 0.314 e. The van der Waals surface area contributed by atoms with Crippen molar-refractivity contribution in [1.29, 1.82) is 0 Å². The van der Waals surface area contributed by atoms with E-state index in [0.29, 0.717) is 12.1 Å². The Kier molecular flexibility index (Phi) is 9.96. The number of carbonyl (C=O) groups is 2. The third-order valence-corrected chi connectivity index (χ3v) is 6.98. The molecule has 2 N–H and O–H groups in total. The number of esters is 2. The lowest BCUT2D eigenvalue weighted by Crippen LogP contribution is -2.38. The second-order valence-electron chi connectivity index (χ2n) is 11.1. The predicted octanol–water partition coefficient (Wildman–Crippen LogP) is 5.86. The molecule has 34 heavy (non-hydrogen) atoms. The van der Waals surface area contributed by atoms with Crippen LogP contribution in [0.2, 0.25) is 0 Å². The fraction of sp³-hybridized carbons (Fsp3) is 0.714. The monoisotopic (exact) mass is 473 g/mol. The Morgan fingerprint density at radius 3 is 1.79 bits per heavy atom. The van der Waals surface area contributed by atoms with Crippen LogP contribution in [0.25, 0.3) is 0 Å². The molecule has 0 bridgehead atoms. The van der Waals surface area contributed by atoms with Crippen LogP contribution in [0.1, 0.15) is 109 Å². The van der Waals surface area contributed by atoms with E-state index in [1.807, 2.05) is 20.8 Å². The fourth-order valence-corrected chi connectivity index (χ4v) is 4.83. The second kappa shape index (κ2) is 12.7. The summed E-state index contributed by atoms with van der Waals surface area (Å²) in [4.78, 5) is 25.9. The molecule has 2 saturated carbocycles. The Morgan fingerprint density at radius 2 is 1.32 bits per heavy atom. The highest BCUT2D eigenvalue weighted by atomic mass is 16.6. The Morgan fingerprint density at radius 1 is 0.853 bits per heavy atom. The highest BCUT2D eigenvalue weighted by Crippen LogP contribution is 2.34. The van der Waals surface area contributed by atoms with Gasteiger partial charge in [0.1, 0.15) is 0 Å². The molecule has 6 heteroatoms. The van der Waals surface area contributed by atoms with Crippen molar-refractivity contribution < 1.29 is 24.2 Å². The smallest absolute Gasteiger partial charge is 0.314 e. The van der Waals surface area contributed by atoms with Crippen LogP contribution in [0, 0.1) is 11.8 Å². The molecule has 0 heterocycles. The molecule has 1 atom stereocenters. The van der Waals surface area contributed by atoms with Crippen LogP contribution >= 0.6 is 0 Å². The topological polar surface area (TPSA) is 84.9 Å². The van der Waals surface area contributed by atoms with Gasteiger partial charge >= 0.3 is 11.9 Å². The number of hydrogen-bond donors (Lipinski definition) is 2. The summed E-state index contributed by atoms with van der Waals surface area (Å²) in [5.41, 5.74) is 0.485. The number of carbonyl (C=O) groups excluding carboxylic acids is 2. The minimum atomic E-state index is -0.777. The summed E-state index contributed by atoms with van der Waals surface area (Å²) in [5, 5.41) is 14.0. The summed E-state index contributed by atoms with van der Waals surface area (Å²) in [5.74, 6) is -0.290. The third kappa shape index (κ3) is 8.38. The van der Waals surface area contributed by atoms with E-state index in [1.165, 1.54) is 0 Å². The summed E-state index contributed by atoms with van der Waals surface area (Å²) in [6.45, 7) is 6.47. The molecule has 190 valence electrons. The first-order valence-corrected chi connectivity index (χ1v) is 13.2. The van der Waals surface area contributed by atoms with Crippen LogP contribution in [0.3, 0.4) is 0 Å². The maximum absolute atomic E-state index is 13.0. The zero-order chi connectivity index (χ0) is 24.6. The van der Waals surface area contributed by atoms with Gasteiger partial charge in [-0.3, -0.25) is 9.59 Å². The molecule has 0 saturated heterocycles. The Balaban J connectivity index is 1.78. The number of β-amino-alcohol motifs (C(OH)–C–C–N with tert-alkyl or cyclic N) is 1. The Labute approximate surface area is 204 Å². The normalized spacial score (nSPS) is 19.6. The molecular weight excluding hydrogens is 430 g/mol. The van der Waals surface area contributed by atoms with E-state index in [1.54, 1.807) is 18.2 Å². The summed E-state index contributed by atoms with van der Waals surface area (Å²) >= 11 is 0. The highest BCUT2D eigenvalue weighted by Gasteiger charge is 2.27. The average Bonchev–Trinajstić information content (AvgIpc) is 3.23. The number of aliphatic hydroxyl groups is 1. The second-order valence-corrected chi connectivity index (χ2v) is 11.1. The van der Waals surface area contributed by atoms with E-state index in [0.717, 1.165) is 77.0 Å². The van der Waals surface area contributed by atoms with Gasteiger partial charge in [0.25, 0.3) is 0 Å². The minimum Gasteiger partial charge on any atom is -0.422 e. The van der Waals surface area contributed by atoms with Gasteiger partial charge in [0.15, 0.2) is 11.5 Å². The van der Waals surface area contributed by atoms with Crippen LogP contribution in [-0.4, -0.2) is 29.1 Å². The summed E-state index contributed by atoms with van der Waals surface area (Å²) in [7, 11) is 0. The Hall–Kier alpha value is -1.92. The SMILES string of the molecule is CC(C)(C)NCC(O)c1ccc(OC(=O)C2CCCCCC2)c(OC(=O)C2CCCCCC2)c1. The van der Waals surface area contributed by atoms with Crippen molar-refractivity contribution in [2.24, 2.45) is 11.8 Å². The molecule has 0 aliphatic heterocycles. The zero-order valence-electron chi connectivity index (χ0n) is 21.2. The van der Waals surface area contributed by atoms with E-state index in [4.69, 9.17) is 9.47 Å². The molecule has 2 aliphatic rings. The largest absolute Gasteiger partial charge is 0.422 e. The molecule has 3 rings (SSSR count). The zero-order valence-corrected chi connectivity index (χ0v) is 21.2. The van der Waals surface area contributed by atoms with Crippen molar-refractivity contribution in [2.75, 3.05) is 6.54 Å². The van der Waals surface area contributed by atoms with E-state index < -0.39 is 6.10 Å². The first-order chi connectivity index (χ1) is 16.2. The number of ether oxygens (including phenoxy) is 2.